The Kier molecular flexibility index (Phi) is 6.30. The largest absolute Gasteiger partial charge is 0.494 e. The molecule has 0 bridgehead atoms. The van der Waals surface area contributed by atoms with E-state index < -0.39 is 0 Å². The summed E-state index contributed by atoms with van der Waals surface area (Å²) in [5.74, 6) is 0.996. The van der Waals surface area contributed by atoms with Crippen LogP contribution in [0.2, 0.25) is 0 Å². The highest BCUT2D eigenvalue weighted by Gasteiger charge is 2.25. The fourth-order valence-electron chi connectivity index (χ4n) is 2.83. The van der Waals surface area contributed by atoms with Gasteiger partial charge in [-0.05, 0) is 61.7 Å². The van der Waals surface area contributed by atoms with Crippen LogP contribution in [0.25, 0.3) is 0 Å². The molecule has 3 rings (SSSR count). The van der Waals surface area contributed by atoms with E-state index in [1.807, 2.05) is 43.3 Å². The first-order valence-corrected chi connectivity index (χ1v) is 9.31. The van der Waals surface area contributed by atoms with E-state index in [1.54, 1.807) is 12.1 Å². The lowest BCUT2D eigenvalue weighted by Crippen LogP contribution is -2.29. The molecule has 0 spiro atoms. The summed E-state index contributed by atoms with van der Waals surface area (Å²) >= 11 is 0. The quantitative estimate of drug-likeness (QED) is 0.688. The van der Waals surface area contributed by atoms with E-state index in [4.69, 9.17) is 4.74 Å². The summed E-state index contributed by atoms with van der Waals surface area (Å²) < 4.78 is 5.38. The van der Waals surface area contributed by atoms with Crippen LogP contribution in [0.15, 0.2) is 48.5 Å². The average molecular weight is 367 g/mol. The van der Waals surface area contributed by atoms with Crippen LogP contribution in [0.3, 0.4) is 0 Å². The third-order valence-corrected chi connectivity index (χ3v) is 4.55. The predicted octanol–water partition coefficient (Wildman–Crippen LogP) is 4.15. The Balaban J connectivity index is 1.48. The fraction of sp³-hybridized carbons (Fsp3) is 0.333. The zero-order valence-corrected chi connectivity index (χ0v) is 15.5. The van der Waals surface area contributed by atoms with E-state index in [-0.39, 0.29) is 17.9 Å². The molecule has 6 nitrogen and oxygen atoms in total. The van der Waals surface area contributed by atoms with E-state index >= 15 is 0 Å². The normalized spacial score (nSPS) is 13.4. The highest BCUT2D eigenvalue weighted by atomic mass is 16.5. The van der Waals surface area contributed by atoms with Crippen molar-refractivity contribution in [3.8, 4) is 5.75 Å². The summed E-state index contributed by atoms with van der Waals surface area (Å²) in [4.78, 5) is 24.1. The van der Waals surface area contributed by atoms with Gasteiger partial charge in [-0.3, -0.25) is 4.79 Å². The number of anilines is 2. The molecule has 6 heteroatoms. The number of benzene rings is 2. The highest BCUT2D eigenvalue weighted by molar-refractivity contribution is 5.93. The maximum atomic E-state index is 12.1. The van der Waals surface area contributed by atoms with Gasteiger partial charge in [0.1, 0.15) is 5.75 Å². The number of carbonyl (C=O) groups is 2. The molecule has 2 aromatic carbocycles. The number of nitrogens with one attached hydrogen (secondary N) is 3. The van der Waals surface area contributed by atoms with Crippen molar-refractivity contribution in [1.82, 2.24) is 5.32 Å². The topological polar surface area (TPSA) is 79.5 Å². The summed E-state index contributed by atoms with van der Waals surface area (Å²) in [6, 6.07) is 14.5. The number of urea groups is 1. The maximum Gasteiger partial charge on any atom is 0.319 e. The van der Waals surface area contributed by atoms with Gasteiger partial charge in [-0.2, -0.15) is 0 Å². The van der Waals surface area contributed by atoms with Gasteiger partial charge in [0, 0.05) is 23.8 Å². The van der Waals surface area contributed by atoms with Gasteiger partial charge in [0.25, 0.3) is 0 Å². The lowest BCUT2D eigenvalue weighted by Gasteiger charge is -2.24. The molecule has 0 aromatic heterocycles. The molecule has 1 saturated carbocycles. The number of rotatable bonds is 7. The molecule has 3 N–H and O–H groups in total. The lowest BCUT2D eigenvalue weighted by atomic mass is 9.85. The summed E-state index contributed by atoms with van der Waals surface area (Å²) in [6.07, 6.45) is 3.07. The first kappa shape index (κ1) is 18.8. The van der Waals surface area contributed by atoms with Crippen molar-refractivity contribution in [2.75, 3.05) is 17.2 Å². The first-order valence-electron chi connectivity index (χ1n) is 9.31. The van der Waals surface area contributed by atoms with Gasteiger partial charge in [-0.25, -0.2) is 4.79 Å². The van der Waals surface area contributed by atoms with Crippen LogP contribution < -0.4 is 20.7 Å². The van der Waals surface area contributed by atoms with Gasteiger partial charge in [0.2, 0.25) is 5.91 Å². The second-order valence-electron chi connectivity index (χ2n) is 6.58. The van der Waals surface area contributed by atoms with Crippen molar-refractivity contribution < 1.29 is 14.3 Å². The van der Waals surface area contributed by atoms with Gasteiger partial charge < -0.3 is 20.7 Å². The van der Waals surface area contributed by atoms with Crippen LogP contribution in [0.4, 0.5) is 16.2 Å². The van der Waals surface area contributed by atoms with Crippen molar-refractivity contribution in [2.45, 2.75) is 32.7 Å². The van der Waals surface area contributed by atoms with Gasteiger partial charge in [0.05, 0.1) is 6.61 Å². The van der Waals surface area contributed by atoms with Crippen LogP contribution in [0.5, 0.6) is 5.75 Å². The third-order valence-electron chi connectivity index (χ3n) is 4.55. The molecule has 2 aromatic rings. The zero-order valence-electron chi connectivity index (χ0n) is 15.5. The SMILES string of the molecule is CCOc1ccc(NC(=O)NCc2cccc(NC(=O)C3CCC3)c2)cc1. The monoisotopic (exact) mass is 367 g/mol. The van der Waals surface area contributed by atoms with Crippen molar-refractivity contribution >= 4 is 23.3 Å². The van der Waals surface area contributed by atoms with Crippen LogP contribution in [-0.2, 0) is 11.3 Å². The van der Waals surface area contributed by atoms with Crippen molar-refractivity contribution in [1.29, 1.82) is 0 Å². The van der Waals surface area contributed by atoms with Crippen LogP contribution in [-0.4, -0.2) is 18.5 Å². The fourth-order valence-corrected chi connectivity index (χ4v) is 2.83. The molecule has 0 saturated heterocycles. The van der Waals surface area contributed by atoms with Gasteiger partial charge in [-0.15, -0.1) is 0 Å². The number of hydrogen-bond acceptors (Lipinski definition) is 3. The van der Waals surface area contributed by atoms with E-state index in [0.29, 0.717) is 18.8 Å². The molecule has 0 aliphatic heterocycles. The van der Waals surface area contributed by atoms with Crippen LogP contribution in [0, 0.1) is 5.92 Å². The number of hydrogen-bond donors (Lipinski definition) is 3. The molecule has 27 heavy (non-hydrogen) atoms. The summed E-state index contributed by atoms with van der Waals surface area (Å²) in [5, 5.41) is 8.55. The van der Waals surface area contributed by atoms with E-state index in [9.17, 15) is 9.59 Å². The Bertz CT molecular complexity index is 786. The van der Waals surface area contributed by atoms with E-state index in [0.717, 1.165) is 36.3 Å². The molecular weight excluding hydrogens is 342 g/mol. The number of amides is 3. The Labute approximate surface area is 159 Å². The smallest absolute Gasteiger partial charge is 0.319 e. The summed E-state index contributed by atoms with van der Waals surface area (Å²) in [7, 11) is 0. The molecule has 3 amide bonds. The summed E-state index contributed by atoms with van der Waals surface area (Å²) in [6.45, 7) is 2.90. The molecule has 1 aliphatic rings. The van der Waals surface area contributed by atoms with E-state index in [1.165, 1.54) is 0 Å². The Morgan fingerprint density at radius 1 is 1.04 bits per heavy atom. The Hall–Kier alpha value is -3.02. The molecule has 0 unspecified atom stereocenters. The van der Waals surface area contributed by atoms with Gasteiger partial charge in [0.15, 0.2) is 0 Å². The highest BCUT2D eigenvalue weighted by Crippen LogP contribution is 2.27. The lowest BCUT2D eigenvalue weighted by molar-refractivity contribution is -0.122. The number of carbonyl (C=O) groups excluding carboxylic acids is 2. The first-order chi connectivity index (χ1) is 13.1. The predicted molar refractivity (Wildman–Crippen MR) is 106 cm³/mol. The molecule has 0 radical (unpaired) electrons. The maximum absolute atomic E-state index is 12.1. The molecule has 1 fully saturated rings. The Morgan fingerprint density at radius 2 is 1.81 bits per heavy atom. The minimum atomic E-state index is -0.289. The average Bonchev–Trinajstić information content (AvgIpc) is 2.61. The summed E-state index contributed by atoms with van der Waals surface area (Å²) in [5.41, 5.74) is 2.37. The van der Waals surface area contributed by atoms with Crippen LogP contribution in [0.1, 0.15) is 31.7 Å². The second kappa shape index (κ2) is 9.07. The van der Waals surface area contributed by atoms with Crippen molar-refractivity contribution in [2.24, 2.45) is 5.92 Å². The standard InChI is InChI=1S/C21H25N3O3/c1-2-27-19-11-9-17(10-12-19)24-21(26)22-14-15-5-3-8-18(13-15)23-20(25)16-6-4-7-16/h3,5,8-13,16H,2,4,6-7,14H2,1H3,(H,23,25)(H2,22,24,26). The number of ether oxygens (including phenoxy) is 1. The minimum Gasteiger partial charge on any atom is -0.494 e. The van der Waals surface area contributed by atoms with Gasteiger partial charge >= 0.3 is 6.03 Å². The van der Waals surface area contributed by atoms with E-state index in [2.05, 4.69) is 16.0 Å². The molecular formula is C21H25N3O3. The second-order valence-corrected chi connectivity index (χ2v) is 6.58. The molecule has 142 valence electrons. The van der Waals surface area contributed by atoms with Gasteiger partial charge in [-0.1, -0.05) is 18.6 Å². The van der Waals surface area contributed by atoms with Crippen molar-refractivity contribution in [3.05, 3.63) is 54.1 Å². The molecule has 1 aliphatic carbocycles. The molecule has 0 heterocycles. The molecule has 0 atom stereocenters. The zero-order chi connectivity index (χ0) is 19.1. The van der Waals surface area contributed by atoms with Crippen molar-refractivity contribution in [3.63, 3.8) is 0 Å². The minimum absolute atomic E-state index is 0.0830. The van der Waals surface area contributed by atoms with Crippen LogP contribution >= 0.6 is 0 Å². The Morgan fingerprint density at radius 3 is 2.48 bits per heavy atom. The third kappa shape index (κ3) is 5.48.